The highest BCUT2D eigenvalue weighted by Gasteiger charge is 2.23. The minimum absolute atomic E-state index is 0.353. The number of nitrogens with one attached hydrogen (secondary N) is 1. The number of halogens is 2. The molecule has 0 saturated heterocycles. The maximum Gasteiger partial charge on any atom is 0.249 e. The van der Waals surface area contributed by atoms with Gasteiger partial charge in [0.2, 0.25) is 11.8 Å². The van der Waals surface area contributed by atoms with Crippen LogP contribution < -0.4 is 10.1 Å². The third-order valence-electron chi connectivity index (χ3n) is 4.39. The highest BCUT2D eigenvalue weighted by Crippen LogP contribution is 2.35. The van der Waals surface area contributed by atoms with Crippen molar-refractivity contribution in [2.45, 2.75) is 6.04 Å². The SMILES string of the molecule is COc1ccc(Cl)cc1N[C@H](c1ccccc1)c1nnc(-c2ccccc2Cl)o1. The first-order valence-electron chi connectivity index (χ1n) is 8.89. The van der Waals surface area contributed by atoms with Gasteiger partial charge in [0.15, 0.2) is 0 Å². The molecule has 3 aromatic carbocycles. The number of benzene rings is 3. The van der Waals surface area contributed by atoms with Crippen LogP contribution in [-0.2, 0) is 0 Å². The van der Waals surface area contributed by atoms with Crippen LogP contribution in [-0.4, -0.2) is 17.3 Å². The summed E-state index contributed by atoms with van der Waals surface area (Å²) in [7, 11) is 1.61. The van der Waals surface area contributed by atoms with Crippen LogP contribution in [0.25, 0.3) is 11.5 Å². The van der Waals surface area contributed by atoms with E-state index >= 15 is 0 Å². The summed E-state index contributed by atoms with van der Waals surface area (Å²) in [6, 6.07) is 22.1. The Labute approximate surface area is 178 Å². The van der Waals surface area contributed by atoms with E-state index in [1.807, 2.05) is 48.5 Å². The fraction of sp³-hybridized carbons (Fsp3) is 0.0909. The summed E-state index contributed by atoms with van der Waals surface area (Å²) in [6.45, 7) is 0. The zero-order chi connectivity index (χ0) is 20.2. The molecule has 0 aliphatic carbocycles. The van der Waals surface area contributed by atoms with Crippen LogP contribution in [0.1, 0.15) is 17.5 Å². The minimum Gasteiger partial charge on any atom is -0.495 e. The molecule has 0 amide bonds. The van der Waals surface area contributed by atoms with Gasteiger partial charge in [-0.1, -0.05) is 65.7 Å². The Bertz CT molecular complexity index is 1120. The first-order chi connectivity index (χ1) is 14.2. The Morgan fingerprint density at radius 3 is 2.45 bits per heavy atom. The molecule has 0 bridgehead atoms. The van der Waals surface area contributed by atoms with Crippen molar-refractivity contribution in [3.8, 4) is 17.2 Å². The zero-order valence-corrected chi connectivity index (χ0v) is 17.0. The minimum atomic E-state index is -0.410. The molecule has 1 aromatic heterocycles. The molecule has 5 nitrogen and oxygen atoms in total. The number of rotatable bonds is 6. The molecular weight excluding hydrogens is 409 g/mol. The predicted molar refractivity (Wildman–Crippen MR) is 115 cm³/mol. The number of hydrogen-bond donors (Lipinski definition) is 1. The summed E-state index contributed by atoms with van der Waals surface area (Å²) in [5, 5.41) is 13.0. The van der Waals surface area contributed by atoms with Crippen molar-refractivity contribution in [1.29, 1.82) is 0 Å². The van der Waals surface area contributed by atoms with Crippen LogP contribution in [0, 0.1) is 0 Å². The second-order valence-corrected chi connectivity index (χ2v) is 7.10. The predicted octanol–water partition coefficient (Wildman–Crippen LogP) is 6.25. The highest BCUT2D eigenvalue weighted by molar-refractivity contribution is 6.33. The van der Waals surface area contributed by atoms with Gasteiger partial charge in [0.25, 0.3) is 0 Å². The van der Waals surface area contributed by atoms with E-state index in [9.17, 15) is 0 Å². The van der Waals surface area contributed by atoms with Crippen LogP contribution in [0.2, 0.25) is 10.0 Å². The van der Waals surface area contributed by atoms with Crippen molar-refractivity contribution in [2.24, 2.45) is 0 Å². The average molecular weight is 426 g/mol. The fourth-order valence-electron chi connectivity index (χ4n) is 2.98. The molecule has 146 valence electrons. The van der Waals surface area contributed by atoms with Gasteiger partial charge in [-0.3, -0.25) is 0 Å². The van der Waals surface area contributed by atoms with Crippen molar-refractivity contribution in [3.63, 3.8) is 0 Å². The lowest BCUT2D eigenvalue weighted by Crippen LogP contribution is -2.13. The number of nitrogens with zero attached hydrogens (tertiary/aromatic N) is 2. The molecule has 0 aliphatic rings. The van der Waals surface area contributed by atoms with Gasteiger partial charge < -0.3 is 14.5 Å². The van der Waals surface area contributed by atoms with Gasteiger partial charge in [-0.2, -0.15) is 0 Å². The number of aromatic nitrogens is 2. The van der Waals surface area contributed by atoms with E-state index in [1.54, 1.807) is 31.4 Å². The van der Waals surface area contributed by atoms with Gasteiger partial charge in [-0.05, 0) is 35.9 Å². The molecule has 7 heteroatoms. The summed E-state index contributed by atoms with van der Waals surface area (Å²) in [5.41, 5.74) is 2.34. The Hall–Kier alpha value is -3.02. The second-order valence-electron chi connectivity index (χ2n) is 6.26. The molecular formula is C22H17Cl2N3O2. The molecule has 0 radical (unpaired) electrons. The van der Waals surface area contributed by atoms with E-state index in [0.29, 0.717) is 38.8 Å². The van der Waals surface area contributed by atoms with E-state index in [4.69, 9.17) is 32.4 Å². The molecule has 1 N–H and O–H groups in total. The van der Waals surface area contributed by atoms with Crippen LogP contribution in [0.3, 0.4) is 0 Å². The molecule has 0 fully saturated rings. The van der Waals surface area contributed by atoms with Gasteiger partial charge in [0.05, 0.1) is 23.4 Å². The molecule has 4 aromatic rings. The Balaban J connectivity index is 1.75. The van der Waals surface area contributed by atoms with E-state index in [1.165, 1.54) is 0 Å². The molecule has 29 heavy (non-hydrogen) atoms. The maximum absolute atomic E-state index is 6.28. The molecule has 1 atom stereocenters. The van der Waals surface area contributed by atoms with Crippen LogP contribution in [0.4, 0.5) is 5.69 Å². The van der Waals surface area contributed by atoms with E-state index < -0.39 is 6.04 Å². The van der Waals surface area contributed by atoms with E-state index in [-0.39, 0.29) is 0 Å². The number of anilines is 1. The molecule has 0 spiro atoms. The summed E-state index contributed by atoms with van der Waals surface area (Å²) in [4.78, 5) is 0. The maximum atomic E-state index is 6.28. The van der Waals surface area contributed by atoms with Crippen LogP contribution in [0.15, 0.2) is 77.2 Å². The topological polar surface area (TPSA) is 60.2 Å². The molecule has 0 aliphatic heterocycles. The first kappa shape index (κ1) is 19.3. The van der Waals surface area contributed by atoms with Gasteiger partial charge in [0.1, 0.15) is 11.8 Å². The third kappa shape index (κ3) is 4.21. The summed E-state index contributed by atoms with van der Waals surface area (Å²) >= 11 is 12.5. The molecule has 0 saturated carbocycles. The van der Waals surface area contributed by atoms with Crippen LogP contribution in [0.5, 0.6) is 5.75 Å². The van der Waals surface area contributed by atoms with Crippen molar-refractivity contribution in [2.75, 3.05) is 12.4 Å². The normalized spacial score (nSPS) is 11.8. The van der Waals surface area contributed by atoms with Gasteiger partial charge in [-0.15, -0.1) is 10.2 Å². The summed E-state index contributed by atoms with van der Waals surface area (Å²) in [5.74, 6) is 1.40. The largest absolute Gasteiger partial charge is 0.495 e. The summed E-state index contributed by atoms with van der Waals surface area (Å²) in [6.07, 6.45) is 0. The first-order valence-corrected chi connectivity index (χ1v) is 9.64. The van der Waals surface area contributed by atoms with Gasteiger partial charge in [0, 0.05) is 5.02 Å². The second kappa shape index (κ2) is 8.55. The average Bonchev–Trinajstić information content (AvgIpc) is 3.23. The number of hydrogen-bond acceptors (Lipinski definition) is 5. The Morgan fingerprint density at radius 1 is 0.931 bits per heavy atom. The van der Waals surface area contributed by atoms with Crippen molar-refractivity contribution in [1.82, 2.24) is 10.2 Å². The van der Waals surface area contributed by atoms with Gasteiger partial charge in [-0.25, -0.2) is 0 Å². The van der Waals surface area contributed by atoms with Crippen molar-refractivity contribution in [3.05, 3.63) is 94.3 Å². The van der Waals surface area contributed by atoms with Crippen molar-refractivity contribution >= 4 is 28.9 Å². The quantitative estimate of drug-likeness (QED) is 0.395. The Kier molecular flexibility index (Phi) is 5.69. The standard InChI is InChI=1S/C22H17Cl2N3O2/c1-28-19-12-11-15(23)13-18(19)25-20(14-7-3-2-4-8-14)22-27-26-21(29-22)16-9-5-6-10-17(16)24/h2-13,20,25H,1H3/t20-/m1/s1. The Morgan fingerprint density at radius 2 is 1.69 bits per heavy atom. The lowest BCUT2D eigenvalue weighted by molar-refractivity contribution is 0.415. The van der Waals surface area contributed by atoms with E-state index in [0.717, 1.165) is 5.56 Å². The molecule has 0 unspecified atom stereocenters. The smallest absolute Gasteiger partial charge is 0.249 e. The number of ether oxygens (including phenoxy) is 1. The molecule has 4 rings (SSSR count). The van der Waals surface area contributed by atoms with Gasteiger partial charge >= 0.3 is 0 Å². The monoisotopic (exact) mass is 425 g/mol. The lowest BCUT2D eigenvalue weighted by atomic mass is 10.1. The summed E-state index contributed by atoms with van der Waals surface area (Å²) < 4.78 is 11.5. The van der Waals surface area contributed by atoms with E-state index in [2.05, 4.69) is 15.5 Å². The molecule has 1 heterocycles. The zero-order valence-electron chi connectivity index (χ0n) is 15.5. The highest BCUT2D eigenvalue weighted by atomic mass is 35.5. The lowest BCUT2D eigenvalue weighted by Gasteiger charge is -2.19. The fourth-order valence-corrected chi connectivity index (χ4v) is 3.37. The third-order valence-corrected chi connectivity index (χ3v) is 4.95. The van der Waals surface area contributed by atoms with Crippen molar-refractivity contribution < 1.29 is 9.15 Å². The van der Waals surface area contributed by atoms with Crippen LogP contribution >= 0.6 is 23.2 Å². The number of methoxy groups -OCH3 is 1.